The van der Waals surface area contributed by atoms with Gasteiger partial charge < -0.3 is 24.4 Å². The number of hydrogen-bond donors (Lipinski definition) is 2. The highest BCUT2D eigenvalue weighted by atomic mass is 16.5. The predicted octanol–water partition coefficient (Wildman–Crippen LogP) is 5.82. The molecule has 6 nitrogen and oxygen atoms in total. The van der Waals surface area contributed by atoms with Crippen molar-refractivity contribution in [2.75, 3.05) is 33.0 Å². The van der Waals surface area contributed by atoms with E-state index in [1.54, 1.807) is 13.0 Å². The first-order valence-electron chi connectivity index (χ1n) is 15.2. The highest BCUT2D eigenvalue weighted by Gasteiger charge is 2.62. The molecular weight excluding hydrogens is 504 g/mol. The summed E-state index contributed by atoms with van der Waals surface area (Å²) in [6.45, 7) is 12.8. The first-order chi connectivity index (χ1) is 18.9. The molecule has 1 aromatic rings. The molecule has 40 heavy (non-hydrogen) atoms. The second kappa shape index (κ2) is 11.0. The Morgan fingerprint density at radius 2 is 1.85 bits per heavy atom. The van der Waals surface area contributed by atoms with Crippen molar-refractivity contribution < 1.29 is 29.2 Å². The molecular formula is C34H48O6. The molecule has 4 aliphatic rings. The van der Waals surface area contributed by atoms with E-state index in [-0.39, 0.29) is 22.7 Å². The van der Waals surface area contributed by atoms with Gasteiger partial charge in [-0.3, -0.25) is 0 Å². The fourth-order valence-corrected chi connectivity index (χ4v) is 8.20. The molecule has 1 aliphatic heterocycles. The van der Waals surface area contributed by atoms with Gasteiger partial charge in [0, 0.05) is 22.8 Å². The highest BCUT2D eigenvalue weighted by molar-refractivity contribution is 5.87. The number of benzene rings is 1. The lowest BCUT2D eigenvalue weighted by molar-refractivity contribution is -0.137. The smallest absolute Gasteiger partial charge is 0.330 e. The van der Waals surface area contributed by atoms with Crippen LogP contribution in [0.1, 0.15) is 90.2 Å². The summed E-state index contributed by atoms with van der Waals surface area (Å²) >= 11 is 0. The van der Waals surface area contributed by atoms with Crippen molar-refractivity contribution in [3.8, 4) is 0 Å². The van der Waals surface area contributed by atoms with Gasteiger partial charge in [0.15, 0.2) is 0 Å². The molecule has 1 saturated heterocycles. The SMILES string of the molecule is CCOC(=O)/C=C/c1cccc([C@H]2C[C@@]3(C)C(CC[C@]3(C)O)C3CC[C@@]4(O)COCC(C)(C)COCCC4=C32)c1. The van der Waals surface area contributed by atoms with Gasteiger partial charge in [0.25, 0.3) is 0 Å². The molecule has 5 rings (SSSR count). The number of carbonyl (C=O) groups is 1. The van der Waals surface area contributed by atoms with Crippen LogP contribution >= 0.6 is 0 Å². The van der Waals surface area contributed by atoms with Crippen LogP contribution in [0.15, 0.2) is 41.5 Å². The molecule has 6 atom stereocenters. The van der Waals surface area contributed by atoms with Crippen molar-refractivity contribution in [3.63, 3.8) is 0 Å². The number of fused-ring (bicyclic) bond motifs is 4. The quantitative estimate of drug-likeness (QED) is 0.278. The van der Waals surface area contributed by atoms with Crippen LogP contribution in [0.25, 0.3) is 6.08 Å². The van der Waals surface area contributed by atoms with Crippen LogP contribution in [-0.4, -0.2) is 60.4 Å². The van der Waals surface area contributed by atoms with Crippen LogP contribution < -0.4 is 0 Å². The van der Waals surface area contributed by atoms with E-state index in [9.17, 15) is 15.0 Å². The average Bonchev–Trinajstić information content (AvgIpc) is 3.14. The number of hydrogen-bond acceptors (Lipinski definition) is 6. The molecule has 2 N–H and O–H groups in total. The van der Waals surface area contributed by atoms with Gasteiger partial charge in [0.1, 0.15) is 5.60 Å². The van der Waals surface area contributed by atoms with Gasteiger partial charge in [-0.25, -0.2) is 4.79 Å². The van der Waals surface area contributed by atoms with Crippen LogP contribution in [0.3, 0.4) is 0 Å². The second-order valence-electron chi connectivity index (χ2n) is 13.9. The molecule has 2 saturated carbocycles. The van der Waals surface area contributed by atoms with Gasteiger partial charge in [-0.15, -0.1) is 0 Å². The fourth-order valence-electron chi connectivity index (χ4n) is 8.20. The number of ether oxygens (including phenoxy) is 3. The molecule has 1 aromatic carbocycles. The molecule has 6 heteroatoms. The Kier molecular flexibility index (Phi) is 8.12. The Hall–Kier alpha value is -1.99. The van der Waals surface area contributed by atoms with Crippen LogP contribution in [0.2, 0.25) is 0 Å². The Labute approximate surface area is 239 Å². The predicted molar refractivity (Wildman–Crippen MR) is 156 cm³/mol. The molecule has 0 radical (unpaired) electrons. The van der Waals surface area contributed by atoms with Crippen LogP contribution in [-0.2, 0) is 19.0 Å². The Morgan fingerprint density at radius 3 is 2.62 bits per heavy atom. The lowest BCUT2D eigenvalue weighted by Crippen LogP contribution is -2.53. The monoisotopic (exact) mass is 552 g/mol. The minimum absolute atomic E-state index is 0.0491. The minimum atomic E-state index is -1.02. The summed E-state index contributed by atoms with van der Waals surface area (Å²) in [5, 5.41) is 23.9. The molecule has 0 spiro atoms. The van der Waals surface area contributed by atoms with Crippen molar-refractivity contribution in [2.45, 2.75) is 90.3 Å². The van der Waals surface area contributed by atoms with E-state index in [2.05, 4.69) is 32.9 Å². The van der Waals surface area contributed by atoms with Crippen LogP contribution in [0, 0.1) is 22.7 Å². The molecule has 3 fully saturated rings. The summed E-state index contributed by atoms with van der Waals surface area (Å²) in [6, 6.07) is 8.35. The molecule has 0 aromatic heterocycles. The molecule has 2 unspecified atom stereocenters. The third-order valence-electron chi connectivity index (χ3n) is 10.5. The van der Waals surface area contributed by atoms with E-state index in [4.69, 9.17) is 14.2 Å². The van der Waals surface area contributed by atoms with Gasteiger partial charge in [0.05, 0.1) is 38.6 Å². The zero-order chi connectivity index (χ0) is 28.8. The lowest BCUT2D eigenvalue weighted by Gasteiger charge is -2.55. The van der Waals surface area contributed by atoms with Crippen LogP contribution in [0.5, 0.6) is 0 Å². The maximum absolute atomic E-state index is 12.2. The number of esters is 1. The zero-order valence-corrected chi connectivity index (χ0v) is 25.0. The van der Waals surface area contributed by atoms with Gasteiger partial charge in [0.2, 0.25) is 0 Å². The Morgan fingerprint density at radius 1 is 1.07 bits per heavy atom. The molecule has 0 amide bonds. The Bertz CT molecular complexity index is 1160. The second-order valence-corrected chi connectivity index (χ2v) is 13.9. The summed E-state index contributed by atoms with van der Waals surface area (Å²) in [4.78, 5) is 12.0. The standard InChI is InChI=1S/C34H48O6/c1-6-40-29(35)11-10-23-8-7-9-24(18-23)26-19-32(4)27(13-15-33(32,5)36)25-12-16-34(37)22-39-21-31(2,3)20-38-17-14-28(34)30(25)26/h7-11,18,25-27,36-37H,6,12-17,19-22H2,1-5H3/b11-10+/t25?,26-,27?,32+,33+,34-/m1/s1. The average molecular weight is 553 g/mol. The van der Waals surface area contributed by atoms with Crippen molar-refractivity contribution >= 4 is 12.0 Å². The summed E-state index contributed by atoms with van der Waals surface area (Å²) in [5.74, 6) is 0.364. The molecule has 0 bridgehead atoms. The topological polar surface area (TPSA) is 85.2 Å². The van der Waals surface area contributed by atoms with E-state index in [0.717, 1.165) is 42.4 Å². The summed E-state index contributed by atoms with van der Waals surface area (Å²) < 4.78 is 17.4. The molecule has 220 valence electrons. The number of rotatable bonds is 4. The fraction of sp³-hybridized carbons (Fsp3) is 0.676. The van der Waals surface area contributed by atoms with Gasteiger partial charge >= 0.3 is 5.97 Å². The van der Waals surface area contributed by atoms with Crippen molar-refractivity contribution in [1.82, 2.24) is 0 Å². The number of aliphatic hydroxyl groups is 2. The third-order valence-corrected chi connectivity index (χ3v) is 10.5. The van der Waals surface area contributed by atoms with E-state index in [0.29, 0.717) is 57.7 Å². The van der Waals surface area contributed by atoms with Crippen molar-refractivity contribution in [3.05, 3.63) is 52.6 Å². The van der Waals surface area contributed by atoms with E-state index in [1.165, 1.54) is 11.6 Å². The van der Waals surface area contributed by atoms with E-state index in [1.807, 2.05) is 19.1 Å². The molecule has 3 aliphatic carbocycles. The largest absolute Gasteiger partial charge is 0.463 e. The first-order valence-corrected chi connectivity index (χ1v) is 15.2. The third kappa shape index (κ3) is 5.45. The van der Waals surface area contributed by atoms with Crippen LogP contribution in [0.4, 0.5) is 0 Å². The Balaban J connectivity index is 1.60. The molecule has 1 heterocycles. The number of carbonyl (C=O) groups excluding carboxylic acids is 1. The minimum Gasteiger partial charge on any atom is -0.463 e. The summed E-state index contributed by atoms with van der Waals surface area (Å²) in [5.41, 5.74) is 2.44. The summed E-state index contributed by atoms with van der Waals surface area (Å²) in [7, 11) is 0. The first kappa shape index (κ1) is 29.5. The van der Waals surface area contributed by atoms with E-state index >= 15 is 0 Å². The maximum Gasteiger partial charge on any atom is 0.330 e. The highest BCUT2D eigenvalue weighted by Crippen LogP contribution is 2.66. The maximum atomic E-state index is 12.2. The van der Waals surface area contributed by atoms with Gasteiger partial charge in [-0.2, -0.15) is 0 Å². The van der Waals surface area contributed by atoms with E-state index < -0.39 is 11.2 Å². The van der Waals surface area contributed by atoms with Crippen molar-refractivity contribution in [1.29, 1.82) is 0 Å². The zero-order valence-electron chi connectivity index (χ0n) is 25.0. The van der Waals surface area contributed by atoms with Crippen molar-refractivity contribution in [2.24, 2.45) is 22.7 Å². The normalized spacial score (nSPS) is 37.9. The van der Waals surface area contributed by atoms with Gasteiger partial charge in [-0.1, -0.05) is 50.6 Å². The number of allylic oxidation sites excluding steroid dienone is 1. The lowest BCUT2D eigenvalue weighted by atomic mass is 9.50. The summed E-state index contributed by atoms with van der Waals surface area (Å²) in [6.07, 6.45) is 8.13. The van der Waals surface area contributed by atoms with Gasteiger partial charge in [-0.05, 0) is 87.0 Å².